The number of H-pyrrole nitrogens is 1. The van der Waals surface area contributed by atoms with Crippen molar-refractivity contribution in [2.24, 2.45) is 5.92 Å². The number of benzene rings is 1. The molecule has 0 saturated carbocycles. The van der Waals surface area contributed by atoms with Gasteiger partial charge in [-0.1, -0.05) is 22.0 Å². The van der Waals surface area contributed by atoms with Gasteiger partial charge in [-0.3, -0.25) is 4.90 Å². The van der Waals surface area contributed by atoms with Crippen LogP contribution in [-0.4, -0.2) is 34.7 Å². The molecule has 1 saturated heterocycles. The van der Waals surface area contributed by atoms with Gasteiger partial charge in [0.05, 0.1) is 5.54 Å². The molecule has 4 heteroatoms. The quantitative estimate of drug-likeness (QED) is 0.828. The lowest BCUT2D eigenvalue weighted by molar-refractivity contribution is -0.0303. The molecule has 2 N–H and O–H groups in total. The molecule has 0 bridgehead atoms. The predicted octanol–water partition coefficient (Wildman–Crippen LogP) is 3.41. The Morgan fingerprint density at radius 3 is 3.10 bits per heavy atom. The number of aromatic nitrogens is 1. The Kier molecular flexibility index (Phi) is 3.18. The van der Waals surface area contributed by atoms with E-state index in [1.807, 2.05) is 0 Å². The Balaban J connectivity index is 1.94. The van der Waals surface area contributed by atoms with Crippen molar-refractivity contribution in [2.75, 3.05) is 19.7 Å². The van der Waals surface area contributed by atoms with Crippen LogP contribution in [0.1, 0.15) is 31.0 Å². The Bertz CT molecular complexity index is 695. The molecule has 2 aromatic rings. The highest BCUT2D eigenvalue weighted by molar-refractivity contribution is 9.10. The second kappa shape index (κ2) is 4.83. The summed E-state index contributed by atoms with van der Waals surface area (Å²) >= 11 is 3.56. The van der Waals surface area contributed by atoms with E-state index in [1.54, 1.807) is 0 Å². The summed E-state index contributed by atoms with van der Waals surface area (Å²) in [6.45, 7) is 4.83. The maximum Gasteiger partial charge on any atom is 0.0636 e. The van der Waals surface area contributed by atoms with E-state index >= 15 is 0 Å². The fraction of sp³-hybridized carbons (Fsp3) is 0.529. The number of nitrogens with one attached hydrogen (secondary N) is 1. The van der Waals surface area contributed by atoms with E-state index in [4.69, 9.17) is 0 Å². The first-order valence-corrected chi connectivity index (χ1v) is 8.60. The molecule has 3 heterocycles. The van der Waals surface area contributed by atoms with Crippen LogP contribution in [0.25, 0.3) is 10.9 Å². The van der Waals surface area contributed by atoms with Gasteiger partial charge in [0, 0.05) is 40.1 Å². The Morgan fingerprint density at radius 1 is 1.43 bits per heavy atom. The highest BCUT2D eigenvalue weighted by atomic mass is 79.9. The first kappa shape index (κ1) is 13.8. The Labute approximate surface area is 133 Å². The minimum atomic E-state index is -0.0495. The van der Waals surface area contributed by atoms with Crippen LogP contribution in [0.4, 0.5) is 0 Å². The molecule has 21 heavy (non-hydrogen) atoms. The van der Waals surface area contributed by atoms with Gasteiger partial charge in [0.2, 0.25) is 0 Å². The van der Waals surface area contributed by atoms with Crippen molar-refractivity contribution in [1.29, 1.82) is 0 Å². The van der Waals surface area contributed by atoms with Crippen LogP contribution < -0.4 is 0 Å². The van der Waals surface area contributed by atoms with Gasteiger partial charge in [-0.2, -0.15) is 0 Å². The van der Waals surface area contributed by atoms with E-state index in [9.17, 15) is 5.11 Å². The van der Waals surface area contributed by atoms with E-state index in [2.05, 4.69) is 50.9 Å². The van der Waals surface area contributed by atoms with Gasteiger partial charge >= 0.3 is 0 Å². The van der Waals surface area contributed by atoms with Crippen LogP contribution >= 0.6 is 15.9 Å². The normalized spacial score (nSPS) is 29.4. The van der Waals surface area contributed by atoms with Gasteiger partial charge in [-0.25, -0.2) is 0 Å². The van der Waals surface area contributed by atoms with E-state index in [1.165, 1.54) is 28.6 Å². The summed E-state index contributed by atoms with van der Waals surface area (Å²) in [6, 6.07) is 6.50. The first-order valence-electron chi connectivity index (χ1n) is 7.81. The molecule has 3 nitrogen and oxygen atoms in total. The lowest BCUT2D eigenvalue weighted by Gasteiger charge is -2.52. The molecule has 0 unspecified atom stereocenters. The molecule has 0 spiro atoms. The zero-order valence-corrected chi connectivity index (χ0v) is 13.9. The zero-order chi connectivity index (χ0) is 14.6. The van der Waals surface area contributed by atoms with Gasteiger partial charge < -0.3 is 10.1 Å². The highest BCUT2D eigenvalue weighted by Crippen LogP contribution is 2.47. The SMILES string of the molecule is C[C@@]12c3[nH]c4cc(Br)ccc4c3CCN1CCC[C@H]2CO. The van der Waals surface area contributed by atoms with E-state index in [0.717, 1.165) is 30.4 Å². The minimum Gasteiger partial charge on any atom is -0.396 e. The van der Waals surface area contributed by atoms with Gasteiger partial charge in [0.25, 0.3) is 0 Å². The van der Waals surface area contributed by atoms with Crippen LogP contribution in [0.3, 0.4) is 0 Å². The predicted molar refractivity (Wildman–Crippen MR) is 88.4 cm³/mol. The monoisotopic (exact) mass is 348 g/mol. The first-order chi connectivity index (χ1) is 10.1. The maximum atomic E-state index is 9.89. The standard InChI is InChI=1S/C17H21BrN2O/c1-17-11(10-21)3-2-7-20(17)8-6-14-13-5-4-12(18)9-15(13)19-16(14)17/h4-5,9,11,19,21H,2-3,6-8,10H2,1H3/t11-,17+/m0/s1. The summed E-state index contributed by atoms with van der Waals surface area (Å²) in [4.78, 5) is 6.25. The van der Waals surface area contributed by atoms with Crippen molar-refractivity contribution < 1.29 is 5.11 Å². The Hall–Kier alpha value is -0.840. The lowest BCUT2D eigenvalue weighted by Crippen LogP contribution is -2.57. The molecule has 1 aromatic heterocycles. The Morgan fingerprint density at radius 2 is 2.29 bits per heavy atom. The van der Waals surface area contributed by atoms with Crippen molar-refractivity contribution in [3.8, 4) is 0 Å². The average Bonchev–Trinajstić information content (AvgIpc) is 2.85. The number of aromatic amines is 1. The number of hydrogen-bond acceptors (Lipinski definition) is 2. The second-order valence-electron chi connectivity index (χ2n) is 6.57. The molecule has 0 aliphatic carbocycles. The molecule has 1 aromatic carbocycles. The fourth-order valence-corrected chi connectivity index (χ4v) is 4.80. The number of aliphatic hydroxyl groups excluding tert-OH is 1. The molecule has 1 fully saturated rings. The van der Waals surface area contributed by atoms with Gasteiger partial charge in [0.1, 0.15) is 0 Å². The summed E-state index contributed by atoms with van der Waals surface area (Å²) in [5, 5.41) is 11.2. The van der Waals surface area contributed by atoms with Crippen LogP contribution in [0.5, 0.6) is 0 Å². The average molecular weight is 349 g/mol. The topological polar surface area (TPSA) is 39.3 Å². The fourth-order valence-electron chi connectivity index (χ4n) is 4.44. The van der Waals surface area contributed by atoms with Crippen molar-refractivity contribution >= 4 is 26.8 Å². The molecule has 112 valence electrons. The third kappa shape index (κ3) is 1.85. The van der Waals surface area contributed by atoms with Crippen molar-refractivity contribution in [2.45, 2.75) is 31.7 Å². The lowest BCUT2D eigenvalue weighted by atomic mass is 9.72. The summed E-state index contributed by atoms with van der Waals surface area (Å²) in [5.74, 6) is 0.321. The third-order valence-electron chi connectivity index (χ3n) is 5.66. The van der Waals surface area contributed by atoms with Gasteiger partial charge in [-0.15, -0.1) is 0 Å². The molecule has 2 atom stereocenters. The molecule has 2 aliphatic heterocycles. The summed E-state index contributed by atoms with van der Waals surface area (Å²) in [5.41, 5.74) is 3.95. The zero-order valence-electron chi connectivity index (χ0n) is 12.3. The highest BCUT2D eigenvalue weighted by Gasteiger charge is 2.47. The van der Waals surface area contributed by atoms with Gasteiger partial charge in [0.15, 0.2) is 0 Å². The minimum absolute atomic E-state index is 0.0495. The number of fused-ring (bicyclic) bond motifs is 5. The summed E-state index contributed by atoms with van der Waals surface area (Å²) in [7, 11) is 0. The third-order valence-corrected chi connectivity index (χ3v) is 6.15. The number of aliphatic hydroxyl groups is 1. The summed E-state index contributed by atoms with van der Waals surface area (Å²) < 4.78 is 1.11. The van der Waals surface area contributed by atoms with Crippen LogP contribution in [0.2, 0.25) is 0 Å². The molecule has 0 radical (unpaired) electrons. The molecular formula is C17H21BrN2O. The number of rotatable bonds is 1. The number of halogens is 1. The van der Waals surface area contributed by atoms with Crippen LogP contribution in [0.15, 0.2) is 22.7 Å². The molecule has 0 amide bonds. The molecule has 2 aliphatic rings. The number of nitrogens with zero attached hydrogens (tertiary/aromatic N) is 1. The van der Waals surface area contributed by atoms with E-state index < -0.39 is 0 Å². The molecular weight excluding hydrogens is 328 g/mol. The second-order valence-corrected chi connectivity index (χ2v) is 7.49. The van der Waals surface area contributed by atoms with Crippen molar-refractivity contribution in [1.82, 2.24) is 9.88 Å². The number of piperidine rings is 1. The molecule has 4 rings (SSSR count). The van der Waals surface area contributed by atoms with Crippen LogP contribution in [-0.2, 0) is 12.0 Å². The van der Waals surface area contributed by atoms with Crippen molar-refractivity contribution in [3.05, 3.63) is 33.9 Å². The number of hydrogen-bond donors (Lipinski definition) is 2. The largest absolute Gasteiger partial charge is 0.396 e. The van der Waals surface area contributed by atoms with E-state index in [0.29, 0.717) is 5.92 Å². The van der Waals surface area contributed by atoms with Crippen molar-refractivity contribution in [3.63, 3.8) is 0 Å². The van der Waals surface area contributed by atoms with Gasteiger partial charge in [-0.05, 0) is 50.4 Å². The van der Waals surface area contributed by atoms with E-state index in [-0.39, 0.29) is 12.1 Å². The maximum absolute atomic E-state index is 9.89. The van der Waals surface area contributed by atoms with Crippen LogP contribution in [0, 0.1) is 5.92 Å². The summed E-state index contributed by atoms with van der Waals surface area (Å²) in [6.07, 6.45) is 3.41. The smallest absolute Gasteiger partial charge is 0.0636 e.